The quantitative estimate of drug-likeness (QED) is 0.389. The molecule has 3 rings (SSSR count). The van der Waals surface area contributed by atoms with Crippen molar-refractivity contribution in [2.45, 2.75) is 6.18 Å². The van der Waals surface area contributed by atoms with Crippen molar-refractivity contribution < 1.29 is 18.0 Å². The molecule has 0 saturated carbocycles. The molecule has 0 fully saturated rings. The molecule has 0 atom stereocenters. The van der Waals surface area contributed by atoms with E-state index in [0.717, 1.165) is 12.1 Å². The van der Waals surface area contributed by atoms with Gasteiger partial charge in [-0.2, -0.15) is 13.2 Å². The number of nitrogen functional groups attached to an aromatic ring is 1. The molecular weight excluding hydrogens is 397 g/mol. The Labute approximate surface area is 169 Å². The van der Waals surface area contributed by atoms with Gasteiger partial charge in [-0.25, -0.2) is 14.8 Å². The van der Waals surface area contributed by atoms with Gasteiger partial charge < -0.3 is 11.1 Å². The van der Waals surface area contributed by atoms with Gasteiger partial charge >= 0.3 is 12.2 Å². The lowest BCUT2D eigenvalue weighted by Gasteiger charge is -2.12. The maximum absolute atomic E-state index is 12.7. The summed E-state index contributed by atoms with van der Waals surface area (Å²) in [5, 5.41) is 2.33. The molecule has 7 nitrogen and oxygen atoms in total. The third-order valence-corrected chi connectivity index (χ3v) is 3.65. The topological polar surface area (TPSA) is 105 Å². The largest absolute Gasteiger partial charge is 0.416 e. The highest BCUT2D eigenvalue weighted by atomic mass is 19.4. The van der Waals surface area contributed by atoms with E-state index < -0.39 is 17.8 Å². The number of amides is 2. The van der Waals surface area contributed by atoms with Crippen LogP contribution in [0.3, 0.4) is 0 Å². The van der Waals surface area contributed by atoms with Crippen LogP contribution in [0.15, 0.2) is 60.9 Å². The molecular formula is C20H15F3N6O. The fourth-order valence-corrected chi connectivity index (χ4v) is 2.29. The van der Waals surface area contributed by atoms with Crippen molar-refractivity contribution in [2.75, 3.05) is 16.5 Å². The van der Waals surface area contributed by atoms with E-state index in [1.165, 1.54) is 24.5 Å². The number of rotatable bonds is 3. The highest BCUT2D eigenvalue weighted by molar-refractivity contribution is 5.90. The predicted octanol–water partition coefficient (Wildman–Crippen LogP) is 3.63. The van der Waals surface area contributed by atoms with Crippen LogP contribution in [0.1, 0.15) is 16.7 Å². The molecule has 30 heavy (non-hydrogen) atoms. The molecule has 2 amide bonds. The van der Waals surface area contributed by atoms with E-state index in [9.17, 15) is 18.0 Å². The first-order valence-corrected chi connectivity index (χ1v) is 8.49. The summed E-state index contributed by atoms with van der Waals surface area (Å²) in [5.74, 6) is 5.96. The van der Waals surface area contributed by atoms with E-state index >= 15 is 0 Å². The molecule has 10 heteroatoms. The van der Waals surface area contributed by atoms with Crippen LogP contribution in [0.4, 0.5) is 35.3 Å². The third kappa shape index (κ3) is 5.87. The smallest absolute Gasteiger partial charge is 0.368 e. The lowest BCUT2D eigenvalue weighted by Crippen LogP contribution is -2.33. The normalized spacial score (nSPS) is 10.5. The maximum atomic E-state index is 12.7. The second-order valence-corrected chi connectivity index (χ2v) is 5.94. The summed E-state index contributed by atoms with van der Waals surface area (Å²) in [6, 6.07) is 10.4. The zero-order valence-corrected chi connectivity index (χ0v) is 15.3. The molecule has 0 spiro atoms. The number of halogens is 3. The fourth-order valence-electron chi connectivity index (χ4n) is 2.29. The van der Waals surface area contributed by atoms with Crippen LogP contribution in [0, 0.1) is 11.8 Å². The van der Waals surface area contributed by atoms with Crippen LogP contribution in [0.5, 0.6) is 0 Å². The Morgan fingerprint density at radius 2 is 1.60 bits per heavy atom. The van der Waals surface area contributed by atoms with Crippen molar-refractivity contribution in [2.24, 2.45) is 0 Å². The van der Waals surface area contributed by atoms with Crippen LogP contribution in [0.25, 0.3) is 0 Å². The van der Waals surface area contributed by atoms with E-state index in [1.54, 1.807) is 24.3 Å². The predicted molar refractivity (Wildman–Crippen MR) is 106 cm³/mol. The summed E-state index contributed by atoms with van der Waals surface area (Å²) in [6.07, 6.45) is -1.50. The van der Waals surface area contributed by atoms with Crippen molar-refractivity contribution in [1.29, 1.82) is 0 Å². The highest BCUT2D eigenvalue weighted by Crippen LogP contribution is 2.30. The summed E-state index contributed by atoms with van der Waals surface area (Å²) < 4.78 is 38.2. The Morgan fingerprint density at radius 1 is 0.933 bits per heavy atom. The van der Waals surface area contributed by atoms with Crippen LogP contribution in [-0.2, 0) is 6.18 Å². The van der Waals surface area contributed by atoms with Crippen LogP contribution in [-0.4, -0.2) is 16.0 Å². The summed E-state index contributed by atoms with van der Waals surface area (Å²) in [7, 11) is 0. The Balaban J connectivity index is 1.59. The van der Waals surface area contributed by atoms with E-state index in [0.29, 0.717) is 16.8 Å². The lowest BCUT2D eigenvalue weighted by molar-refractivity contribution is -0.137. The van der Waals surface area contributed by atoms with Crippen LogP contribution in [0.2, 0.25) is 0 Å². The Morgan fingerprint density at radius 3 is 2.33 bits per heavy atom. The van der Waals surface area contributed by atoms with Gasteiger partial charge in [0.05, 0.1) is 16.8 Å². The number of hydrogen-bond acceptors (Lipinski definition) is 5. The third-order valence-electron chi connectivity index (χ3n) is 3.65. The number of urea groups is 1. The van der Waals surface area contributed by atoms with E-state index in [-0.39, 0.29) is 11.6 Å². The Hall–Kier alpha value is -4.26. The second kappa shape index (κ2) is 8.83. The first-order chi connectivity index (χ1) is 14.3. The van der Waals surface area contributed by atoms with Crippen molar-refractivity contribution in [3.63, 3.8) is 0 Å². The monoisotopic (exact) mass is 412 g/mol. The van der Waals surface area contributed by atoms with Crippen LogP contribution >= 0.6 is 0 Å². The van der Waals surface area contributed by atoms with Gasteiger partial charge in [0, 0.05) is 23.6 Å². The van der Waals surface area contributed by atoms with Crippen LogP contribution < -0.4 is 21.9 Å². The van der Waals surface area contributed by atoms with Gasteiger partial charge in [-0.3, -0.25) is 10.9 Å². The summed E-state index contributed by atoms with van der Waals surface area (Å²) in [4.78, 5) is 19.6. The van der Waals surface area contributed by atoms with Crippen molar-refractivity contribution in [3.8, 4) is 11.8 Å². The average molecular weight is 412 g/mol. The number of nitrogens with one attached hydrogen (secondary N) is 3. The Kier molecular flexibility index (Phi) is 6.03. The maximum Gasteiger partial charge on any atom is 0.416 e. The van der Waals surface area contributed by atoms with Gasteiger partial charge in [-0.1, -0.05) is 24.0 Å². The molecule has 0 unspecified atom stereocenters. The fraction of sp³-hybridized carbons (Fsp3) is 0.0500. The Bertz CT molecular complexity index is 1100. The molecule has 0 aliphatic carbocycles. The van der Waals surface area contributed by atoms with Gasteiger partial charge in [-0.05, 0) is 36.4 Å². The van der Waals surface area contributed by atoms with Crippen molar-refractivity contribution in [1.82, 2.24) is 15.4 Å². The van der Waals surface area contributed by atoms with Gasteiger partial charge in [0.25, 0.3) is 0 Å². The number of hydrogen-bond donors (Lipinski definition) is 4. The number of hydrazine groups is 1. The minimum atomic E-state index is -4.49. The van der Waals surface area contributed by atoms with Crippen molar-refractivity contribution >= 4 is 23.4 Å². The number of anilines is 3. The SMILES string of the molecule is Nc1ncc(C#Cc2cccc(NNC(=O)Nc3cccc(C(F)(F)F)c3)c2)cn1. The number of nitrogens with zero attached hydrogens (tertiary/aromatic N) is 2. The molecule has 0 bridgehead atoms. The molecule has 0 radical (unpaired) electrons. The molecule has 0 aliphatic heterocycles. The standard InChI is InChI=1S/C20H15F3N6O/c21-20(22,23)15-4-2-5-16(10-15)27-19(30)29-28-17-6-1-3-13(9-17)7-8-14-11-25-18(24)26-12-14/h1-6,9-12,28H,(H2,24,25,26)(H2,27,29,30). The molecule has 0 aliphatic rings. The first kappa shape index (κ1) is 20.5. The molecule has 152 valence electrons. The van der Waals surface area contributed by atoms with E-state index in [4.69, 9.17) is 5.73 Å². The number of carbonyl (C=O) groups is 1. The van der Waals surface area contributed by atoms with E-state index in [1.807, 2.05) is 0 Å². The minimum Gasteiger partial charge on any atom is -0.368 e. The zero-order valence-electron chi connectivity index (χ0n) is 15.3. The van der Waals surface area contributed by atoms with Gasteiger partial charge in [0.1, 0.15) is 0 Å². The minimum absolute atomic E-state index is 0.00876. The summed E-state index contributed by atoms with van der Waals surface area (Å²) in [6.45, 7) is 0. The molecule has 1 aromatic heterocycles. The molecule has 5 N–H and O–H groups in total. The molecule has 2 aromatic carbocycles. The molecule has 3 aromatic rings. The van der Waals surface area contributed by atoms with Gasteiger partial charge in [0.2, 0.25) is 5.95 Å². The number of nitrogens with two attached hydrogens (primary N) is 1. The first-order valence-electron chi connectivity index (χ1n) is 8.49. The second-order valence-electron chi connectivity index (χ2n) is 5.94. The number of aromatic nitrogens is 2. The summed E-state index contributed by atoms with van der Waals surface area (Å²) in [5.41, 5.74) is 11.3. The van der Waals surface area contributed by atoms with Gasteiger partial charge in [-0.15, -0.1) is 0 Å². The number of carbonyl (C=O) groups excluding carboxylic acids is 1. The van der Waals surface area contributed by atoms with Gasteiger partial charge in [0.15, 0.2) is 0 Å². The van der Waals surface area contributed by atoms with Crippen molar-refractivity contribution in [3.05, 3.63) is 77.6 Å². The highest BCUT2D eigenvalue weighted by Gasteiger charge is 2.30. The lowest BCUT2D eigenvalue weighted by atomic mass is 10.2. The number of alkyl halides is 3. The summed E-state index contributed by atoms with van der Waals surface area (Å²) >= 11 is 0. The molecule has 0 saturated heterocycles. The molecule has 1 heterocycles. The van der Waals surface area contributed by atoms with E-state index in [2.05, 4.69) is 38.0 Å². The zero-order chi connectivity index (χ0) is 21.6. The number of benzene rings is 2. The average Bonchev–Trinajstić information content (AvgIpc) is 2.72.